The minimum absolute atomic E-state index is 0.128. The van der Waals surface area contributed by atoms with Crippen molar-refractivity contribution >= 4 is 52.6 Å². The molecule has 3 aromatic rings. The summed E-state index contributed by atoms with van der Waals surface area (Å²) in [4.78, 5) is 7.56. The minimum atomic E-state index is -0.697. The van der Waals surface area contributed by atoms with Crippen LogP contribution in [-0.4, -0.2) is 66.5 Å². The van der Waals surface area contributed by atoms with Crippen LogP contribution in [0.1, 0.15) is 45.1 Å². The number of fused-ring (bicyclic) bond motifs is 1. The van der Waals surface area contributed by atoms with Gasteiger partial charge in [-0.25, -0.2) is 0 Å². The predicted molar refractivity (Wildman–Crippen MR) is 166 cm³/mol. The van der Waals surface area contributed by atoms with E-state index in [4.69, 9.17) is 9.72 Å². The molecule has 1 aromatic carbocycles. The summed E-state index contributed by atoms with van der Waals surface area (Å²) in [7, 11) is 1.76. The number of anilines is 1. The SMILES string of the molecule is CCn1c(-c2cc(N3CCN(I4CC4)CC3)cnc2[C@H](C)OC)c(CC(C)(C)CO)c2cc(Br)ccc21. The molecule has 2 aliphatic rings. The van der Waals surface area contributed by atoms with Crippen LogP contribution in [0.2, 0.25) is 0 Å². The summed E-state index contributed by atoms with van der Waals surface area (Å²) in [5, 5.41) is 11.4. The van der Waals surface area contributed by atoms with Crippen LogP contribution < -0.4 is 4.90 Å². The van der Waals surface area contributed by atoms with Crippen molar-refractivity contribution in [3.63, 3.8) is 0 Å². The zero-order valence-electron chi connectivity index (χ0n) is 22.7. The third kappa shape index (κ3) is 5.60. The Morgan fingerprint density at radius 3 is 2.51 bits per heavy atom. The number of aliphatic hydroxyl groups excluding tert-OH is 1. The van der Waals surface area contributed by atoms with E-state index in [1.165, 1.54) is 49.8 Å². The fourth-order valence-electron chi connectivity index (χ4n) is 5.46. The molecule has 0 bridgehead atoms. The van der Waals surface area contributed by atoms with Crippen LogP contribution in [0.5, 0.6) is 0 Å². The normalized spacial score (nSPS) is 18.6. The summed E-state index contributed by atoms with van der Waals surface area (Å²) in [6, 6.07) is 8.91. The summed E-state index contributed by atoms with van der Waals surface area (Å²) in [6.45, 7) is 14.1. The van der Waals surface area contributed by atoms with Crippen LogP contribution in [-0.2, 0) is 17.7 Å². The number of halogens is 2. The maximum atomic E-state index is 10.2. The molecule has 0 radical (unpaired) electrons. The summed E-state index contributed by atoms with van der Waals surface area (Å²) in [5.74, 6) is 0. The predicted octanol–water partition coefficient (Wildman–Crippen LogP) is 6.31. The van der Waals surface area contributed by atoms with E-state index in [1.54, 1.807) is 7.11 Å². The van der Waals surface area contributed by atoms with E-state index in [0.717, 1.165) is 41.8 Å². The fraction of sp³-hybridized carbons (Fsp3) is 0.552. The Kier molecular flexibility index (Phi) is 8.22. The molecule has 2 fully saturated rings. The molecule has 0 saturated carbocycles. The molecule has 6 nitrogen and oxygen atoms in total. The van der Waals surface area contributed by atoms with E-state index >= 15 is 0 Å². The summed E-state index contributed by atoms with van der Waals surface area (Å²) in [5.41, 5.74) is 6.75. The number of ether oxygens (including phenoxy) is 1. The van der Waals surface area contributed by atoms with Gasteiger partial charge in [0.2, 0.25) is 0 Å². The topological polar surface area (TPSA) is 53.8 Å². The number of rotatable bonds is 9. The molecule has 0 amide bonds. The number of alkyl halides is 2. The number of benzene rings is 1. The van der Waals surface area contributed by atoms with Crippen molar-refractivity contribution < 1.29 is 9.84 Å². The first-order valence-corrected chi connectivity index (χ1v) is 18.1. The Balaban J connectivity index is 1.67. The molecule has 202 valence electrons. The number of methoxy groups -OCH3 is 1. The van der Waals surface area contributed by atoms with Crippen molar-refractivity contribution in [3.8, 4) is 11.3 Å². The van der Waals surface area contributed by atoms with E-state index < -0.39 is 20.1 Å². The second-order valence-corrected chi connectivity index (χ2v) is 17.8. The Morgan fingerprint density at radius 1 is 1.16 bits per heavy atom. The van der Waals surface area contributed by atoms with Gasteiger partial charge in [0.05, 0.1) is 0 Å². The summed E-state index contributed by atoms with van der Waals surface area (Å²) >= 11 is 3.01. The van der Waals surface area contributed by atoms with E-state index in [0.29, 0.717) is 0 Å². The zero-order valence-corrected chi connectivity index (χ0v) is 26.5. The van der Waals surface area contributed by atoms with Gasteiger partial charge in [0.25, 0.3) is 0 Å². The van der Waals surface area contributed by atoms with Gasteiger partial charge in [0.15, 0.2) is 0 Å². The number of hydrogen-bond donors (Lipinski definition) is 1. The molecule has 1 atom stereocenters. The molecule has 2 aromatic heterocycles. The van der Waals surface area contributed by atoms with Crippen LogP contribution >= 0.6 is 36.0 Å². The third-order valence-electron chi connectivity index (χ3n) is 7.71. The first kappa shape index (κ1) is 27.4. The standard InChI is InChI=1S/C29H40BrIN4O2/c1-6-35-26-8-7-21(30)15-23(26)25(17-29(3,4)19-36)28(35)24-16-22(18-32-27(24)20(2)37-5)33-11-13-34(14-12-33)31-9-10-31/h7-8,15-16,18,20,36H,6,9-14,17,19H2,1-5H3/t20-/m0/s1. The number of hydrogen-bond acceptors (Lipinski definition) is 5. The Hall–Kier alpha value is -1.20. The third-order valence-corrected chi connectivity index (χ3v) is 13.1. The van der Waals surface area contributed by atoms with Crippen molar-refractivity contribution in [2.75, 3.05) is 53.7 Å². The Bertz CT molecular complexity index is 1260. The zero-order chi connectivity index (χ0) is 26.3. The Labute approximate surface area is 237 Å². The maximum absolute atomic E-state index is 10.2. The number of pyridine rings is 1. The second-order valence-electron chi connectivity index (χ2n) is 10.9. The van der Waals surface area contributed by atoms with Crippen LogP contribution in [0.15, 0.2) is 34.9 Å². The Morgan fingerprint density at radius 2 is 1.89 bits per heavy atom. The van der Waals surface area contributed by atoms with Crippen molar-refractivity contribution in [3.05, 3.63) is 46.2 Å². The van der Waals surface area contributed by atoms with Gasteiger partial charge in [-0.1, -0.05) is 15.9 Å². The quantitative estimate of drug-likeness (QED) is 0.163. The average Bonchev–Trinajstić information content (AvgIpc) is 3.72. The molecule has 8 heteroatoms. The molecule has 5 rings (SSSR count). The number of aryl methyl sites for hydroxylation is 1. The van der Waals surface area contributed by atoms with Crippen molar-refractivity contribution in [2.24, 2.45) is 5.41 Å². The van der Waals surface area contributed by atoms with Gasteiger partial charge in [-0.05, 0) is 0 Å². The summed E-state index contributed by atoms with van der Waals surface area (Å²) < 4.78 is 15.2. The monoisotopic (exact) mass is 682 g/mol. The molecule has 4 heterocycles. The van der Waals surface area contributed by atoms with E-state index in [-0.39, 0.29) is 18.1 Å². The summed E-state index contributed by atoms with van der Waals surface area (Å²) in [6.07, 6.45) is 2.69. The molecule has 2 aliphatic heterocycles. The molecule has 0 aliphatic carbocycles. The molecule has 0 unspecified atom stereocenters. The van der Waals surface area contributed by atoms with Gasteiger partial charge in [-0.2, -0.15) is 0 Å². The van der Waals surface area contributed by atoms with Crippen LogP contribution in [0, 0.1) is 5.41 Å². The van der Waals surface area contributed by atoms with E-state index in [2.05, 4.69) is 80.5 Å². The molecular formula is C29H40BrIN4O2. The fourth-order valence-corrected chi connectivity index (χ4v) is 10.4. The molecule has 1 N–H and O–H groups in total. The van der Waals surface area contributed by atoms with Gasteiger partial charge in [-0.15, -0.1) is 0 Å². The van der Waals surface area contributed by atoms with Gasteiger partial charge in [0, 0.05) is 0 Å². The number of aromatic nitrogens is 2. The van der Waals surface area contributed by atoms with E-state index in [9.17, 15) is 5.11 Å². The number of nitrogens with zero attached hydrogens (tertiary/aromatic N) is 4. The van der Waals surface area contributed by atoms with Gasteiger partial charge in [0.1, 0.15) is 0 Å². The number of piperazine rings is 1. The molecule has 2 saturated heterocycles. The van der Waals surface area contributed by atoms with Crippen LogP contribution in [0.3, 0.4) is 0 Å². The second kappa shape index (κ2) is 11.1. The first-order valence-electron chi connectivity index (χ1n) is 13.3. The molecule has 37 heavy (non-hydrogen) atoms. The van der Waals surface area contributed by atoms with Crippen molar-refractivity contribution in [1.29, 1.82) is 0 Å². The number of aliphatic hydroxyl groups is 1. The molecule has 0 spiro atoms. The first-order chi connectivity index (χ1) is 17.8. The van der Waals surface area contributed by atoms with Crippen LogP contribution in [0.4, 0.5) is 5.69 Å². The van der Waals surface area contributed by atoms with Gasteiger partial charge < -0.3 is 5.11 Å². The van der Waals surface area contributed by atoms with Gasteiger partial charge >= 0.3 is 217 Å². The van der Waals surface area contributed by atoms with E-state index in [1.807, 2.05) is 6.20 Å². The van der Waals surface area contributed by atoms with Gasteiger partial charge in [-0.3, -0.25) is 0 Å². The van der Waals surface area contributed by atoms with Crippen LogP contribution in [0.25, 0.3) is 22.2 Å². The average molecular weight is 683 g/mol. The van der Waals surface area contributed by atoms with Crippen molar-refractivity contribution in [2.45, 2.75) is 46.8 Å². The molecular weight excluding hydrogens is 643 g/mol. The van der Waals surface area contributed by atoms with Crippen molar-refractivity contribution in [1.82, 2.24) is 12.7 Å².